The largest absolute Gasteiger partial charge is 0.355 e. The Bertz CT molecular complexity index is 354. The molecule has 5 atom stereocenters. The monoisotopic (exact) mass is 337 g/mol. The van der Waals surface area contributed by atoms with Crippen LogP contribution in [0.1, 0.15) is 32.6 Å². The van der Waals surface area contributed by atoms with Crippen molar-refractivity contribution in [3.8, 4) is 0 Å². The van der Waals surface area contributed by atoms with Crippen LogP contribution in [0.3, 0.4) is 0 Å². The molecule has 6 heteroatoms. The Balaban J connectivity index is 0.00000110. The van der Waals surface area contributed by atoms with Gasteiger partial charge in [0.25, 0.3) is 0 Å². The minimum Gasteiger partial charge on any atom is -0.355 e. The number of rotatable bonds is 4. The first-order valence-corrected chi connectivity index (χ1v) is 7.94. The molecule has 3 N–H and O–H groups in total. The van der Waals surface area contributed by atoms with Crippen LogP contribution in [0.25, 0.3) is 0 Å². The molecular formula is C15H29Cl2N3O. The second-order valence-electron chi connectivity index (χ2n) is 6.73. The van der Waals surface area contributed by atoms with Crippen LogP contribution < -0.4 is 11.1 Å². The molecule has 3 fully saturated rings. The summed E-state index contributed by atoms with van der Waals surface area (Å²) in [5.74, 6) is 2.15. The van der Waals surface area contributed by atoms with E-state index in [1.165, 1.54) is 32.2 Å². The number of hydrogen-bond donors (Lipinski definition) is 2. The zero-order valence-corrected chi connectivity index (χ0v) is 14.4. The zero-order valence-electron chi connectivity index (χ0n) is 12.8. The smallest absolute Gasteiger partial charge is 0.224 e. The molecule has 21 heavy (non-hydrogen) atoms. The maximum Gasteiger partial charge on any atom is 0.224 e. The number of fused-ring (bicyclic) bond motifs is 2. The van der Waals surface area contributed by atoms with Crippen molar-refractivity contribution >= 4 is 30.7 Å². The van der Waals surface area contributed by atoms with Crippen LogP contribution in [0.4, 0.5) is 0 Å². The molecule has 4 nitrogen and oxygen atoms in total. The van der Waals surface area contributed by atoms with E-state index in [1.54, 1.807) is 0 Å². The molecule has 124 valence electrons. The van der Waals surface area contributed by atoms with Gasteiger partial charge in [0.2, 0.25) is 5.91 Å². The number of nitrogens with two attached hydrogens (primary N) is 1. The molecule has 2 aliphatic carbocycles. The third kappa shape index (κ3) is 3.84. The van der Waals surface area contributed by atoms with Crippen molar-refractivity contribution in [2.45, 2.75) is 38.6 Å². The molecule has 1 amide bonds. The lowest BCUT2D eigenvalue weighted by molar-refractivity contribution is -0.127. The van der Waals surface area contributed by atoms with Crippen LogP contribution in [0.2, 0.25) is 0 Å². The van der Waals surface area contributed by atoms with E-state index < -0.39 is 0 Å². The minimum atomic E-state index is 0. The predicted molar refractivity (Wildman–Crippen MR) is 90.0 cm³/mol. The van der Waals surface area contributed by atoms with Gasteiger partial charge in [0.1, 0.15) is 0 Å². The molecule has 0 aromatic carbocycles. The summed E-state index contributed by atoms with van der Waals surface area (Å²) < 4.78 is 0. The molecule has 0 aromatic heterocycles. The fourth-order valence-corrected chi connectivity index (χ4v) is 4.45. The second-order valence-corrected chi connectivity index (χ2v) is 6.73. The highest BCUT2D eigenvalue weighted by Crippen LogP contribution is 2.47. The van der Waals surface area contributed by atoms with E-state index in [2.05, 4.69) is 17.1 Å². The fraction of sp³-hybridized carbons (Fsp3) is 0.933. The minimum absolute atomic E-state index is 0. The van der Waals surface area contributed by atoms with Gasteiger partial charge in [0, 0.05) is 19.1 Å². The molecule has 3 rings (SSSR count). The van der Waals surface area contributed by atoms with E-state index in [0.717, 1.165) is 19.6 Å². The molecule has 2 bridgehead atoms. The third-order valence-corrected chi connectivity index (χ3v) is 5.67. The quantitative estimate of drug-likeness (QED) is 0.820. The van der Waals surface area contributed by atoms with Gasteiger partial charge in [-0.3, -0.25) is 4.79 Å². The number of carbonyl (C=O) groups excluding carboxylic acids is 1. The summed E-state index contributed by atoms with van der Waals surface area (Å²) in [6, 6.07) is 0.120. The SMILES string of the molecule is CCN1CCC(CNC(=O)C2C3CCC(C3)C2N)C1.Cl.Cl. The number of nitrogens with zero attached hydrogens (tertiary/aromatic N) is 1. The van der Waals surface area contributed by atoms with E-state index in [4.69, 9.17) is 5.73 Å². The van der Waals surface area contributed by atoms with Crippen molar-refractivity contribution in [1.29, 1.82) is 0 Å². The van der Waals surface area contributed by atoms with Crippen LogP contribution in [-0.2, 0) is 4.79 Å². The van der Waals surface area contributed by atoms with Crippen molar-refractivity contribution in [2.24, 2.45) is 29.4 Å². The Morgan fingerprint density at radius 2 is 1.95 bits per heavy atom. The van der Waals surface area contributed by atoms with Gasteiger partial charge >= 0.3 is 0 Å². The summed E-state index contributed by atoms with van der Waals surface area (Å²) in [4.78, 5) is 14.8. The molecule has 5 unspecified atom stereocenters. The highest BCUT2D eigenvalue weighted by Gasteiger charge is 2.49. The number of amides is 1. The Morgan fingerprint density at radius 3 is 2.52 bits per heavy atom. The van der Waals surface area contributed by atoms with Crippen LogP contribution in [0.5, 0.6) is 0 Å². The Labute approximate surface area is 140 Å². The van der Waals surface area contributed by atoms with Crippen LogP contribution >= 0.6 is 24.8 Å². The van der Waals surface area contributed by atoms with Crippen molar-refractivity contribution in [3.05, 3.63) is 0 Å². The van der Waals surface area contributed by atoms with Gasteiger partial charge in [0.15, 0.2) is 0 Å². The van der Waals surface area contributed by atoms with Gasteiger partial charge in [0.05, 0.1) is 5.92 Å². The Hall–Kier alpha value is -0.0300. The normalized spacial score (nSPS) is 37.9. The van der Waals surface area contributed by atoms with Gasteiger partial charge in [-0.1, -0.05) is 6.92 Å². The summed E-state index contributed by atoms with van der Waals surface area (Å²) in [5, 5.41) is 3.18. The summed E-state index contributed by atoms with van der Waals surface area (Å²) in [6.07, 6.45) is 4.86. The van der Waals surface area contributed by atoms with E-state index in [0.29, 0.717) is 17.8 Å². The van der Waals surface area contributed by atoms with Crippen molar-refractivity contribution in [3.63, 3.8) is 0 Å². The van der Waals surface area contributed by atoms with Crippen LogP contribution in [0.15, 0.2) is 0 Å². The lowest BCUT2D eigenvalue weighted by Gasteiger charge is -2.27. The molecule has 1 heterocycles. The second kappa shape index (κ2) is 8.00. The first-order chi connectivity index (χ1) is 9.19. The first kappa shape index (κ1) is 19.0. The summed E-state index contributed by atoms with van der Waals surface area (Å²) >= 11 is 0. The molecule has 3 aliphatic rings. The number of carbonyl (C=O) groups is 1. The highest BCUT2D eigenvalue weighted by atomic mass is 35.5. The molecule has 1 saturated heterocycles. The van der Waals surface area contributed by atoms with E-state index in [-0.39, 0.29) is 42.7 Å². The standard InChI is InChI=1S/C15H27N3O.2ClH/c1-2-18-6-5-10(9-18)8-17-15(19)13-11-3-4-12(7-11)14(13)16;;/h10-14H,2-9,16H2,1H3,(H,17,19);2*1H. The summed E-state index contributed by atoms with van der Waals surface area (Å²) in [6.45, 7) is 6.50. The van der Waals surface area contributed by atoms with Gasteiger partial charge in [-0.25, -0.2) is 0 Å². The van der Waals surface area contributed by atoms with Crippen LogP contribution in [0, 0.1) is 23.7 Å². The Kier molecular flexibility index (Phi) is 7.25. The number of halogens is 2. The summed E-state index contributed by atoms with van der Waals surface area (Å²) in [5.41, 5.74) is 6.22. The van der Waals surface area contributed by atoms with Gasteiger partial charge in [-0.2, -0.15) is 0 Å². The lowest BCUT2D eigenvalue weighted by Crippen LogP contribution is -2.46. The third-order valence-electron chi connectivity index (χ3n) is 5.67. The highest BCUT2D eigenvalue weighted by molar-refractivity contribution is 5.85. The van der Waals surface area contributed by atoms with Gasteiger partial charge < -0.3 is 16.0 Å². The Morgan fingerprint density at radius 1 is 1.24 bits per heavy atom. The molecule has 1 aliphatic heterocycles. The molecular weight excluding hydrogens is 309 g/mol. The van der Waals surface area contributed by atoms with E-state index >= 15 is 0 Å². The number of hydrogen-bond acceptors (Lipinski definition) is 3. The number of likely N-dealkylation sites (tertiary alicyclic amines) is 1. The predicted octanol–water partition coefficient (Wildman–Crippen LogP) is 1.66. The first-order valence-electron chi connectivity index (χ1n) is 7.94. The fourth-order valence-electron chi connectivity index (χ4n) is 4.45. The average molecular weight is 338 g/mol. The number of nitrogens with one attached hydrogen (secondary N) is 1. The topological polar surface area (TPSA) is 58.4 Å². The molecule has 2 saturated carbocycles. The maximum atomic E-state index is 12.3. The van der Waals surface area contributed by atoms with Gasteiger partial charge in [-0.05, 0) is 56.5 Å². The van der Waals surface area contributed by atoms with Crippen molar-refractivity contribution in [2.75, 3.05) is 26.2 Å². The van der Waals surface area contributed by atoms with Crippen molar-refractivity contribution in [1.82, 2.24) is 10.2 Å². The maximum absolute atomic E-state index is 12.3. The molecule has 0 radical (unpaired) electrons. The van der Waals surface area contributed by atoms with Crippen molar-refractivity contribution < 1.29 is 4.79 Å². The van der Waals surface area contributed by atoms with E-state index in [9.17, 15) is 4.79 Å². The zero-order chi connectivity index (χ0) is 13.4. The van der Waals surface area contributed by atoms with Gasteiger partial charge in [-0.15, -0.1) is 24.8 Å². The molecule has 0 aromatic rings. The summed E-state index contributed by atoms with van der Waals surface area (Å²) in [7, 11) is 0. The van der Waals surface area contributed by atoms with Crippen LogP contribution in [-0.4, -0.2) is 43.0 Å². The molecule has 0 spiro atoms. The lowest BCUT2D eigenvalue weighted by atomic mass is 9.84. The average Bonchev–Trinajstić information content (AvgIpc) is 3.11. The van der Waals surface area contributed by atoms with E-state index in [1.807, 2.05) is 0 Å².